The molecule has 2 heterocycles. The summed E-state index contributed by atoms with van der Waals surface area (Å²) >= 11 is 6.30. The molecule has 0 aromatic rings. The summed E-state index contributed by atoms with van der Waals surface area (Å²) in [4.78, 5) is 4.78. The summed E-state index contributed by atoms with van der Waals surface area (Å²) in [5.41, 5.74) is 1.33. The van der Waals surface area contributed by atoms with Crippen molar-refractivity contribution < 1.29 is 9.47 Å². The van der Waals surface area contributed by atoms with Crippen LogP contribution in [0.15, 0.2) is 10.7 Å². The third-order valence-electron chi connectivity index (χ3n) is 3.42. The Labute approximate surface area is 101 Å². The Balaban J connectivity index is 1.59. The van der Waals surface area contributed by atoms with E-state index in [1.165, 1.54) is 5.70 Å². The number of hydrogen-bond donors (Lipinski definition) is 0. The van der Waals surface area contributed by atoms with E-state index in [0.717, 1.165) is 57.6 Å². The molecule has 2 fully saturated rings. The molecule has 0 bridgehead atoms. The number of nitrogens with zero attached hydrogens (tertiary/aromatic N) is 2. The number of rotatable bonds is 2. The first-order valence-electron chi connectivity index (χ1n) is 5.92. The van der Waals surface area contributed by atoms with Crippen LogP contribution in [0.1, 0.15) is 0 Å². The van der Waals surface area contributed by atoms with Crippen LogP contribution in [-0.2, 0) is 9.47 Å². The summed E-state index contributed by atoms with van der Waals surface area (Å²) in [5, 5.41) is 1.03. The Kier molecular flexibility index (Phi) is 3.07. The van der Waals surface area contributed by atoms with E-state index in [2.05, 4.69) is 9.80 Å². The molecular formula is C11H17ClN2O2. The molecule has 3 rings (SSSR count). The predicted octanol–water partition coefficient (Wildman–Crippen LogP) is 0.483. The molecule has 1 atom stereocenters. The van der Waals surface area contributed by atoms with Gasteiger partial charge >= 0.3 is 0 Å². The van der Waals surface area contributed by atoms with Crippen LogP contribution in [0.4, 0.5) is 0 Å². The summed E-state index contributed by atoms with van der Waals surface area (Å²) in [5.74, 6) is 0. The van der Waals surface area contributed by atoms with Gasteiger partial charge in [0.2, 0.25) is 0 Å². The van der Waals surface area contributed by atoms with Gasteiger partial charge < -0.3 is 14.4 Å². The molecule has 0 spiro atoms. The third kappa shape index (κ3) is 1.95. The van der Waals surface area contributed by atoms with Gasteiger partial charge in [-0.15, -0.1) is 0 Å². The minimum Gasteiger partial charge on any atom is -0.379 e. The van der Waals surface area contributed by atoms with E-state index in [1.807, 2.05) is 0 Å². The minimum atomic E-state index is 0.378. The first-order chi connectivity index (χ1) is 7.88. The molecule has 0 amide bonds. The van der Waals surface area contributed by atoms with Gasteiger partial charge in [0.05, 0.1) is 43.2 Å². The Morgan fingerprint density at radius 2 is 1.50 bits per heavy atom. The summed E-state index contributed by atoms with van der Waals surface area (Å²) in [6.07, 6.45) is 0. The molecule has 2 aliphatic heterocycles. The standard InChI is InChI=1S/C11H17ClN2O2/c12-9-10(13-1-5-15-6-2-13)11(9)14-3-7-16-8-4-14/h10H,1-8H2. The largest absolute Gasteiger partial charge is 0.379 e. The quantitative estimate of drug-likeness (QED) is 0.706. The molecular weight excluding hydrogens is 228 g/mol. The van der Waals surface area contributed by atoms with Gasteiger partial charge in [-0.25, -0.2) is 0 Å². The minimum absolute atomic E-state index is 0.378. The second-order valence-electron chi connectivity index (χ2n) is 4.38. The molecule has 2 saturated heterocycles. The monoisotopic (exact) mass is 244 g/mol. The number of halogens is 1. The zero-order chi connectivity index (χ0) is 11.0. The molecule has 1 aliphatic carbocycles. The topological polar surface area (TPSA) is 24.9 Å². The van der Waals surface area contributed by atoms with Crippen molar-refractivity contribution in [2.45, 2.75) is 6.04 Å². The summed E-state index contributed by atoms with van der Waals surface area (Å²) in [6.45, 7) is 7.25. The molecule has 1 unspecified atom stereocenters. The average molecular weight is 245 g/mol. The predicted molar refractivity (Wildman–Crippen MR) is 61.5 cm³/mol. The van der Waals surface area contributed by atoms with Crippen molar-refractivity contribution in [2.24, 2.45) is 0 Å². The van der Waals surface area contributed by atoms with E-state index in [1.54, 1.807) is 0 Å². The highest BCUT2D eigenvalue weighted by molar-refractivity contribution is 6.34. The fraction of sp³-hybridized carbons (Fsp3) is 0.818. The summed E-state index contributed by atoms with van der Waals surface area (Å²) in [6, 6.07) is 0.378. The lowest BCUT2D eigenvalue weighted by Gasteiger charge is -2.31. The second kappa shape index (κ2) is 4.53. The van der Waals surface area contributed by atoms with E-state index >= 15 is 0 Å². The Morgan fingerprint density at radius 3 is 2.12 bits per heavy atom. The molecule has 90 valence electrons. The molecule has 4 nitrogen and oxygen atoms in total. The molecule has 0 radical (unpaired) electrons. The van der Waals surface area contributed by atoms with Crippen LogP contribution >= 0.6 is 11.6 Å². The smallest absolute Gasteiger partial charge is 0.0892 e. The van der Waals surface area contributed by atoms with E-state index < -0.39 is 0 Å². The van der Waals surface area contributed by atoms with Gasteiger partial charge in [-0.1, -0.05) is 11.6 Å². The zero-order valence-corrected chi connectivity index (χ0v) is 10.1. The Morgan fingerprint density at radius 1 is 0.938 bits per heavy atom. The van der Waals surface area contributed by atoms with Crippen LogP contribution in [0, 0.1) is 0 Å². The molecule has 3 aliphatic rings. The average Bonchev–Trinajstić information content (AvgIpc) is 3.03. The maximum absolute atomic E-state index is 6.30. The van der Waals surface area contributed by atoms with Crippen LogP contribution in [0.2, 0.25) is 0 Å². The van der Waals surface area contributed by atoms with Crippen molar-refractivity contribution in [3.05, 3.63) is 10.7 Å². The fourth-order valence-corrected chi connectivity index (χ4v) is 2.88. The van der Waals surface area contributed by atoms with Gasteiger partial charge in [-0.05, 0) is 0 Å². The van der Waals surface area contributed by atoms with Crippen molar-refractivity contribution >= 4 is 11.6 Å². The van der Waals surface area contributed by atoms with Crippen LogP contribution in [0.3, 0.4) is 0 Å². The van der Waals surface area contributed by atoms with Gasteiger partial charge in [0.1, 0.15) is 0 Å². The number of hydrogen-bond acceptors (Lipinski definition) is 4. The normalized spacial score (nSPS) is 32.1. The molecule has 5 heteroatoms. The first-order valence-corrected chi connectivity index (χ1v) is 6.30. The van der Waals surface area contributed by atoms with Gasteiger partial charge in [-0.2, -0.15) is 0 Å². The van der Waals surface area contributed by atoms with Crippen LogP contribution in [0.25, 0.3) is 0 Å². The first kappa shape index (κ1) is 10.8. The van der Waals surface area contributed by atoms with Crippen LogP contribution < -0.4 is 0 Å². The van der Waals surface area contributed by atoms with Gasteiger partial charge in [0.15, 0.2) is 0 Å². The molecule has 0 aromatic heterocycles. The Hall–Kier alpha value is -0.290. The molecule has 0 N–H and O–H groups in total. The van der Waals surface area contributed by atoms with Crippen molar-refractivity contribution in [3.8, 4) is 0 Å². The SMILES string of the molecule is ClC1=C(N2CCOCC2)C1N1CCOCC1. The van der Waals surface area contributed by atoms with Crippen molar-refractivity contribution in [3.63, 3.8) is 0 Å². The maximum Gasteiger partial charge on any atom is 0.0892 e. The van der Waals surface area contributed by atoms with Crippen molar-refractivity contribution in [1.29, 1.82) is 0 Å². The lowest BCUT2D eigenvalue weighted by Crippen LogP contribution is -2.42. The number of morpholine rings is 2. The fourth-order valence-electron chi connectivity index (χ4n) is 2.47. The van der Waals surface area contributed by atoms with Gasteiger partial charge in [0.25, 0.3) is 0 Å². The lowest BCUT2D eigenvalue weighted by molar-refractivity contribution is 0.0266. The summed E-state index contributed by atoms with van der Waals surface area (Å²) < 4.78 is 10.7. The molecule has 16 heavy (non-hydrogen) atoms. The third-order valence-corrected chi connectivity index (χ3v) is 3.82. The van der Waals surface area contributed by atoms with E-state index in [9.17, 15) is 0 Å². The second-order valence-corrected chi connectivity index (χ2v) is 4.79. The van der Waals surface area contributed by atoms with Gasteiger partial charge in [0, 0.05) is 26.2 Å². The highest BCUT2D eigenvalue weighted by atomic mass is 35.5. The number of ether oxygens (including phenoxy) is 2. The summed E-state index contributed by atoms with van der Waals surface area (Å²) in [7, 11) is 0. The zero-order valence-electron chi connectivity index (χ0n) is 9.32. The van der Waals surface area contributed by atoms with E-state index in [0.29, 0.717) is 6.04 Å². The highest BCUT2D eigenvalue weighted by Crippen LogP contribution is 2.42. The van der Waals surface area contributed by atoms with Crippen LogP contribution in [-0.4, -0.2) is 68.4 Å². The lowest BCUT2D eigenvalue weighted by atomic mass is 10.3. The Bertz CT molecular complexity index is 296. The van der Waals surface area contributed by atoms with Crippen molar-refractivity contribution in [2.75, 3.05) is 52.6 Å². The van der Waals surface area contributed by atoms with E-state index in [4.69, 9.17) is 21.1 Å². The van der Waals surface area contributed by atoms with Gasteiger partial charge in [-0.3, -0.25) is 4.90 Å². The molecule has 0 saturated carbocycles. The van der Waals surface area contributed by atoms with Crippen LogP contribution in [0.5, 0.6) is 0 Å². The highest BCUT2D eigenvalue weighted by Gasteiger charge is 2.44. The van der Waals surface area contributed by atoms with Crippen molar-refractivity contribution in [1.82, 2.24) is 9.80 Å². The molecule has 0 aromatic carbocycles. The maximum atomic E-state index is 6.30. The van der Waals surface area contributed by atoms with E-state index in [-0.39, 0.29) is 0 Å².